The third-order valence-corrected chi connectivity index (χ3v) is 1.70. The van der Waals surface area contributed by atoms with E-state index in [2.05, 4.69) is 13.8 Å². The zero-order valence-corrected chi connectivity index (χ0v) is 6.37. The molecular formula is C8H9Cl. The molecule has 1 rings (SSSR count). The molecule has 48 valence electrons. The monoisotopic (exact) mass is 140 g/mol. The average Bonchev–Trinajstić information content (AvgIpc) is 1.80. The molecule has 0 saturated carbocycles. The summed E-state index contributed by atoms with van der Waals surface area (Å²) in [5.41, 5.74) is 2.54. The van der Waals surface area contributed by atoms with Crippen LogP contribution in [-0.2, 0) is 0 Å². The van der Waals surface area contributed by atoms with Gasteiger partial charge in [0.1, 0.15) is 0 Å². The first-order chi connectivity index (χ1) is 4.20. The van der Waals surface area contributed by atoms with Gasteiger partial charge in [-0.15, -0.1) is 0 Å². The van der Waals surface area contributed by atoms with Crippen LogP contribution in [-0.4, -0.2) is 0 Å². The Kier molecular flexibility index (Phi) is 1.77. The van der Waals surface area contributed by atoms with E-state index in [-0.39, 0.29) is 0 Å². The Hall–Kier alpha value is -0.490. The van der Waals surface area contributed by atoms with Crippen LogP contribution < -0.4 is 0 Å². The molecule has 9 heavy (non-hydrogen) atoms. The molecule has 0 heterocycles. The standard InChI is InChI=1S/C8H9Cl/c1-6-3-4-8(9)5-7(6)2/h3-5H,1-2H3. The Labute approximate surface area is 60.5 Å². The molecular weight excluding hydrogens is 132 g/mol. The average molecular weight is 141 g/mol. The molecule has 1 heteroatoms. The lowest BCUT2D eigenvalue weighted by Crippen LogP contribution is -1.77. The Morgan fingerprint density at radius 1 is 1.11 bits per heavy atom. The van der Waals surface area contributed by atoms with Gasteiger partial charge in [-0.25, -0.2) is 0 Å². The predicted octanol–water partition coefficient (Wildman–Crippen LogP) is 2.96. The molecule has 0 unspecified atom stereocenters. The van der Waals surface area contributed by atoms with Crippen LogP contribution in [0.25, 0.3) is 0 Å². The molecule has 1 aromatic rings. The second-order valence-corrected chi connectivity index (χ2v) is 2.67. The summed E-state index contributed by atoms with van der Waals surface area (Å²) in [5, 5.41) is 0.818. The number of hydrogen-bond acceptors (Lipinski definition) is 0. The van der Waals surface area contributed by atoms with Crippen molar-refractivity contribution in [3.63, 3.8) is 0 Å². The molecule has 0 saturated heterocycles. The van der Waals surface area contributed by atoms with Gasteiger partial charge in [-0.05, 0) is 37.1 Å². The van der Waals surface area contributed by atoms with Crippen molar-refractivity contribution in [2.45, 2.75) is 13.8 Å². The molecule has 0 aromatic heterocycles. The lowest BCUT2D eigenvalue weighted by atomic mass is 10.1. The van der Waals surface area contributed by atoms with E-state index < -0.39 is 0 Å². The van der Waals surface area contributed by atoms with Crippen molar-refractivity contribution < 1.29 is 0 Å². The molecule has 0 spiro atoms. The second-order valence-electron chi connectivity index (χ2n) is 2.23. The van der Waals surface area contributed by atoms with Gasteiger partial charge in [-0.3, -0.25) is 0 Å². The molecule has 0 N–H and O–H groups in total. The van der Waals surface area contributed by atoms with Crippen LogP contribution in [0.15, 0.2) is 18.2 Å². The molecule has 0 aliphatic heterocycles. The van der Waals surface area contributed by atoms with Gasteiger partial charge in [0.05, 0.1) is 0 Å². The molecule has 0 aliphatic carbocycles. The second kappa shape index (κ2) is 2.40. The number of hydrogen-bond donors (Lipinski definition) is 0. The predicted molar refractivity (Wildman–Crippen MR) is 40.9 cm³/mol. The lowest BCUT2D eigenvalue weighted by Gasteiger charge is -1.97. The summed E-state index contributed by atoms with van der Waals surface area (Å²) in [4.78, 5) is 0. The van der Waals surface area contributed by atoms with Crippen molar-refractivity contribution in [2.75, 3.05) is 0 Å². The maximum atomic E-state index is 5.72. The SMILES string of the molecule is Cc1ccc(Cl)cc1C. The minimum atomic E-state index is 0.818. The van der Waals surface area contributed by atoms with E-state index in [9.17, 15) is 0 Å². The van der Waals surface area contributed by atoms with Crippen LogP contribution in [0.3, 0.4) is 0 Å². The first-order valence-corrected chi connectivity index (χ1v) is 3.30. The van der Waals surface area contributed by atoms with Gasteiger partial charge in [0.2, 0.25) is 0 Å². The summed E-state index contributed by atoms with van der Waals surface area (Å²) in [6.45, 7) is 4.13. The maximum Gasteiger partial charge on any atom is 0.0408 e. The normalized spacial score (nSPS) is 9.67. The number of aryl methyl sites for hydroxylation is 2. The fourth-order valence-electron chi connectivity index (χ4n) is 0.705. The van der Waals surface area contributed by atoms with Crippen LogP contribution in [0.5, 0.6) is 0 Å². The van der Waals surface area contributed by atoms with Crippen LogP contribution in [0.4, 0.5) is 0 Å². The highest BCUT2D eigenvalue weighted by atomic mass is 35.5. The third kappa shape index (κ3) is 1.46. The van der Waals surface area contributed by atoms with Crippen LogP contribution in [0, 0.1) is 13.8 Å². The molecule has 1 aromatic carbocycles. The fourth-order valence-corrected chi connectivity index (χ4v) is 0.931. The van der Waals surface area contributed by atoms with Crippen LogP contribution in [0.2, 0.25) is 5.02 Å². The van der Waals surface area contributed by atoms with E-state index in [0.29, 0.717) is 0 Å². The van der Waals surface area contributed by atoms with Gasteiger partial charge >= 0.3 is 0 Å². The van der Waals surface area contributed by atoms with E-state index in [1.165, 1.54) is 11.1 Å². The van der Waals surface area contributed by atoms with E-state index >= 15 is 0 Å². The van der Waals surface area contributed by atoms with Gasteiger partial charge in [-0.1, -0.05) is 17.7 Å². The molecule has 0 nitrogen and oxygen atoms in total. The van der Waals surface area contributed by atoms with Gasteiger partial charge < -0.3 is 0 Å². The maximum absolute atomic E-state index is 5.72. The number of rotatable bonds is 0. The highest BCUT2D eigenvalue weighted by Crippen LogP contribution is 2.13. The summed E-state index contributed by atoms with van der Waals surface area (Å²) >= 11 is 5.72. The molecule has 0 aliphatic rings. The Morgan fingerprint density at radius 2 is 1.78 bits per heavy atom. The zero-order chi connectivity index (χ0) is 6.85. The van der Waals surface area contributed by atoms with Gasteiger partial charge in [0, 0.05) is 5.02 Å². The van der Waals surface area contributed by atoms with Gasteiger partial charge in [0.15, 0.2) is 0 Å². The topological polar surface area (TPSA) is 0 Å². The van der Waals surface area contributed by atoms with E-state index in [1.54, 1.807) is 0 Å². The highest BCUT2D eigenvalue weighted by Gasteiger charge is 1.90. The van der Waals surface area contributed by atoms with Crippen molar-refractivity contribution >= 4 is 11.6 Å². The molecule has 0 amide bonds. The van der Waals surface area contributed by atoms with Crippen molar-refractivity contribution in [3.05, 3.63) is 34.3 Å². The summed E-state index contributed by atoms with van der Waals surface area (Å²) in [5.74, 6) is 0. The van der Waals surface area contributed by atoms with Gasteiger partial charge in [0.25, 0.3) is 0 Å². The summed E-state index contributed by atoms with van der Waals surface area (Å²) in [6, 6.07) is 5.90. The smallest absolute Gasteiger partial charge is 0.0408 e. The lowest BCUT2D eigenvalue weighted by molar-refractivity contribution is 1.34. The quantitative estimate of drug-likeness (QED) is 0.520. The van der Waals surface area contributed by atoms with E-state index in [4.69, 9.17) is 11.6 Å². The van der Waals surface area contributed by atoms with Crippen LogP contribution >= 0.6 is 11.6 Å². The Bertz CT molecular complexity index is 216. The minimum absolute atomic E-state index is 0.818. The zero-order valence-electron chi connectivity index (χ0n) is 5.61. The molecule has 0 fully saturated rings. The molecule has 0 radical (unpaired) electrons. The van der Waals surface area contributed by atoms with Crippen molar-refractivity contribution in [1.29, 1.82) is 0 Å². The van der Waals surface area contributed by atoms with Crippen molar-refractivity contribution in [1.82, 2.24) is 0 Å². The summed E-state index contributed by atoms with van der Waals surface area (Å²) in [7, 11) is 0. The van der Waals surface area contributed by atoms with Crippen molar-refractivity contribution in [2.24, 2.45) is 0 Å². The molecule has 0 bridgehead atoms. The third-order valence-electron chi connectivity index (χ3n) is 1.47. The summed E-state index contributed by atoms with van der Waals surface area (Å²) in [6.07, 6.45) is 0. The number of halogens is 1. The fraction of sp³-hybridized carbons (Fsp3) is 0.250. The van der Waals surface area contributed by atoms with E-state index in [0.717, 1.165) is 5.02 Å². The van der Waals surface area contributed by atoms with E-state index in [1.807, 2.05) is 18.2 Å². The summed E-state index contributed by atoms with van der Waals surface area (Å²) < 4.78 is 0. The Balaban J connectivity index is 3.17. The minimum Gasteiger partial charge on any atom is -0.0843 e. The highest BCUT2D eigenvalue weighted by molar-refractivity contribution is 6.30. The Morgan fingerprint density at radius 3 is 2.22 bits per heavy atom. The first-order valence-electron chi connectivity index (χ1n) is 2.93. The first kappa shape index (κ1) is 6.63. The largest absolute Gasteiger partial charge is 0.0843 e. The van der Waals surface area contributed by atoms with Crippen molar-refractivity contribution in [3.8, 4) is 0 Å². The van der Waals surface area contributed by atoms with Gasteiger partial charge in [-0.2, -0.15) is 0 Å². The molecule has 0 atom stereocenters. The van der Waals surface area contributed by atoms with Crippen LogP contribution in [0.1, 0.15) is 11.1 Å². The number of benzene rings is 1.